The number of rotatable bonds is 4. The van der Waals surface area contributed by atoms with E-state index >= 15 is 0 Å². The summed E-state index contributed by atoms with van der Waals surface area (Å²) < 4.78 is 0. The van der Waals surface area contributed by atoms with E-state index < -0.39 is 0 Å². The van der Waals surface area contributed by atoms with Gasteiger partial charge in [0.25, 0.3) is 0 Å². The third-order valence-corrected chi connectivity index (χ3v) is 4.79. The molecule has 144 valence electrons. The van der Waals surface area contributed by atoms with Crippen LogP contribution in [0.25, 0.3) is 0 Å². The molecule has 0 radical (unpaired) electrons. The molecule has 1 fully saturated rings. The van der Waals surface area contributed by atoms with Gasteiger partial charge >= 0.3 is 6.03 Å². The summed E-state index contributed by atoms with van der Waals surface area (Å²) in [5, 5.41) is 10.1. The SMILES string of the molecule is Cc1nc([C@@H]2CCCN(C(=O)Nc3ccccc3CC(=O)N(C)C)C2)n[nH]1. The van der Waals surface area contributed by atoms with E-state index in [9.17, 15) is 9.59 Å². The average molecular weight is 370 g/mol. The van der Waals surface area contributed by atoms with E-state index in [-0.39, 0.29) is 24.3 Å². The molecule has 27 heavy (non-hydrogen) atoms. The number of aromatic nitrogens is 3. The average Bonchev–Trinajstić information content (AvgIpc) is 3.09. The number of hydrogen-bond donors (Lipinski definition) is 2. The van der Waals surface area contributed by atoms with Crippen molar-refractivity contribution in [3.8, 4) is 0 Å². The molecule has 2 aromatic rings. The van der Waals surface area contributed by atoms with Crippen molar-refractivity contribution >= 4 is 17.6 Å². The zero-order valence-electron chi connectivity index (χ0n) is 16.0. The van der Waals surface area contributed by atoms with E-state index in [0.29, 0.717) is 18.8 Å². The maximum atomic E-state index is 12.8. The smallest absolute Gasteiger partial charge is 0.321 e. The Kier molecular flexibility index (Phi) is 5.73. The van der Waals surface area contributed by atoms with Gasteiger partial charge in [0.15, 0.2) is 5.82 Å². The van der Waals surface area contributed by atoms with E-state index in [4.69, 9.17) is 0 Å². The van der Waals surface area contributed by atoms with Gasteiger partial charge in [-0.05, 0) is 31.4 Å². The van der Waals surface area contributed by atoms with Crippen LogP contribution in [-0.2, 0) is 11.2 Å². The molecule has 1 aliphatic rings. The van der Waals surface area contributed by atoms with E-state index in [1.807, 2.05) is 31.2 Å². The van der Waals surface area contributed by atoms with Crippen molar-refractivity contribution in [3.05, 3.63) is 41.5 Å². The largest absolute Gasteiger partial charge is 0.349 e. The zero-order valence-corrected chi connectivity index (χ0v) is 16.0. The van der Waals surface area contributed by atoms with E-state index in [1.165, 1.54) is 0 Å². The second-order valence-corrected chi connectivity index (χ2v) is 7.12. The normalized spacial score (nSPS) is 16.9. The topological polar surface area (TPSA) is 94.2 Å². The number of H-pyrrole nitrogens is 1. The third kappa shape index (κ3) is 4.64. The number of nitrogens with one attached hydrogen (secondary N) is 2. The Hall–Kier alpha value is -2.90. The summed E-state index contributed by atoms with van der Waals surface area (Å²) >= 11 is 0. The van der Waals surface area contributed by atoms with Crippen LogP contribution in [0.3, 0.4) is 0 Å². The van der Waals surface area contributed by atoms with Crippen LogP contribution < -0.4 is 5.32 Å². The number of aryl methyl sites for hydroxylation is 1. The lowest BCUT2D eigenvalue weighted by atomic mass is 9.97. The van der Waals surface area contributed by atoms with Crippen LogP contribution in [0.5, 0.6) is 0 Å². The molecule has 1 aromatic carbocycles. The number of carbonyl (C=O) groups is 2. The lowest BCUT2D eigenvalue weighted by molar-refractivity contribution is -0.127. The van der Waals surface area contributed by atoms with Crippen LogP contribution in [0.4, 0.5) is 10.5 Å². The summed E-state index contributed by atoms with van der Waals surface area (Å²) in [5.41, 5.74) is 1.48. The van der Waals surface area contributed by atoms with Gasteiger partial charge in [-0.1, -0.05) is 18.2 Å². The molecule has 1 saturated heterocycles. The second-order valence-electron chi connectivity index (χ2n) is 7.12. The molecule has 1 aliphatic heterocycles. The zero-order chi connectivity index (χ0) is 19.4. The number of nitrogens with zero attached hydrogens (tertiary/aromatic N) is 4. The van der Waals surface area contributed by atoms with Gasteiger partial charge in [-0.25, -0.2) is 9.78 Å². The van der Waals surface area contributed by atoms with Gasteiger partial charge in [0, 0.05) is 38.8 Å². The third-order valence-electron chi connectivity index (χ3n) is 4.79. The van der Waals surface area contributed by atoms with Crippen LogP contribution in [-0.4, -0.2) is 64.1 Å². The Labute approximate surface area is 159 Å². The molecule has 1 atom stereocenters. The summed E-state index contributed by atoms with van der Waals surface area (Å²) in [6, 6.07) is 7.27. The molecule has 0 unspecified atom stereocenters. The Morgan fingerprint density at radius 3 is 2.81 bits per heavy atom. The first-order chi connectivity index (χ1) is 12.9. The van der Waals surface area contributed by atoms with Crippen molar-refractivity contribution in [2.75, 3.05) is 32.5 Å². The highest BCUT2D eigenvalue weighted by Gasteiger charge is 2.27. The fourth-order valence-electron chi connectivity index (χ4n) is 3.23. The van der Waals surface area contributed by atoms with Gasteiger partial charge in [0.2, 0.25) is 5.91 Å². The lowest BCUT2D eigenvalue weighted by Gasteiger charge is -2.31. The molecule has 0 saturated carbocycles. The second kappa shape index (κ2) is 8.20. The molecule has 0 aliphatic carbocycles. The number of amides is 3. The fourth-order valence-corrected chi connectivity index (χ4v) is 3.23. The number of hydrogen-bond acceptors (Lipinski definition) is 4. The number of anilines is 1. The van der Waals surface area contributed by atoms with Gasteiger partial charge in [-0.15, -0.1) is 0 Å². The number of likely N-dealkylation sites (N-methyl/N-ethyl adjacent to an activating group) is 1. The van der Waals surface area contributed by atoms with Gasteiger partial charge in [-0.3, -0.25) is 9.89 Å². The molecule has 0 bridgehead atoms. The number of carbonyl (C=O) groups excluding carboxylic acids is 2. The van der Waals surface area contributed by atoms with Crippen LogP contribution in [0.2, 0.25) is 0 Å². The summed E-state index contributed by atoms with van der Waals surface area (Å²) in [7, 11) is 3.45. The van der Waals surface area contributed by atoms with Crippen LogP contribution >= 0.6 is 0 Å². The van der Waals surface area contributed by atoms with Gasteiger partial charge in [0.1, 0.15) is 5.82 Å². The molecular weight excluding hydrogens is 344 g/mol. The summed E-state index contributed by atoms with van der Waals surface area (Å²) in [6.45, 7) is 3.15. The minimum Gasteiger partial charge on any atom is -0.349 e. The number of para-hydroxylation sites is 1. The molecule has 3 rings (SSSR count). The molecular formula is C19H26N6O2. The quantitative estimate of drug-likeness (QED) is 0.862. The number of benzene rings is 1. The Morgan fingerprint density at radius 2 is 2.11 bits per heavy atom. The van der Waals surface area contributed by atoms with Crippen molar-refractivity contribution in [1.29, 1.82) is 0 Å². The molecule has 8 nitrogen and oxygen atoms in total. The summed E-state index contributed by atoms with van der Waals surface area (Å²) in [4.78, 5) is 32.6. The monoisotopic (exact) mass is 370 g/mol. The highest BCUT2D eigenvalue weighted by molar-refractivity contribution is 5.91. The maximum Gasteiger partial charge on any atom is 0.321 e. The van der Waals surface area contributed by atoms with E-state index in [1.54, 1.807) is 23.9 Å². The van der Waals surface area contributed by atoms with Crippen molar-refractivity contribution < 1.29 is 9.59 Å². The van der Waals surface area contributed by atoms with Crippen molar-refractivity contribution in [2.24, 2.45) is 0 Å². The molecule has 3 amide bonds. The first-order valence-corrected chi connectivity index (χ1v) is 9.17. The molecule has 2 N–H and O–H groups in total. The Balaban J connectivity index is 1.67. The maximum absolute atomic E-state index is 12.8. The molecule has 0 spiro atoms. The van der Waals surface area contributed by atoms with Crippen molar-refractivity contribution in [2.45, 2.75) is 32.1 Å². The number of likely N-dealkylation sites (tertiary alicyclic amines) is 1. The highest BCUT2D eigenvalue weighted by Crippen LogP contribution is 2.25. The molecule has 8 heteroatoms. The standard InChI is InChI=1S/C19H26N6O2/c1-13-20-18(23-22-13)15-8-6-10-25(12-15)19(27)21-16-9-5-4-7-14(16)11-17(26)24(2)3/h4-5,7,9,15H,6,8,10-12H2,1-3H3,(H,21,27)(H,20,22,23)/t15-/m1/s1. The summed E-state index contributed by atoms with van der Waals surface area (Å²) in [5.74, 6) is 1.68. The van der Waals surface area contributed by atoms with Crippen LogP contribution in [0.15, 0.2) is 24.3 Å². The summed E-state index contributed by atoms with van der Waals surface area (Å²) in [6.07, 6.45) is 2.13. The molecule has 2 heterocycles. The van der Waals surface area contributed by atoms with E-state index in [2.05, 4.69) is 20.5 Å². The fraction of sp³-hybridized carbons (Fsp3) is 0.474. The van der Waals surface area contributed by atoms with Crippen molar-refractivity contribution in [1.82, 2.24) is 25.0 Å². The predicted molar refractivity (Wildman–Crippen MR) is 103 cm³/mol. The number of piperidine rings is 1. The van der Waals surface area contributed by atoms with Crippen LogP contribution in [0.1, 0.15) is 36.0 Å². The molecule has 1 aromatic heterocycles. The minimum absolute atomic E-state index is 0.00490. The first kappa shape index (κ1) is 18.9. The highest BCUT2D eigenvalue weighted by atomic mass is 16.2. The van der Waals surface area contributed by atoms with Gasteiger partial charge in [-0.2, -0.15) is 5.10 Å². The van der Waals surface area contributed by atoms with E-state index in [0.717, 1.165) is 30.1 Å². The first-order valence-electron chi connectivity index (χ1n) is 9.17. The lowest BCUT2D eigenvalue weighted by Crippen LogP contribution is -2.42. The Morgan fingerprint density at radius 1 is 1.33 bits per heavy atom. The number of urea groups is 1. The van der Waals surface area contributed by atoms with Crippen molar-refractivity contribution in [3.63, 3.8) is 0 Å². The minimum atomic E-state index is -0.156. The van der Waals surface area contributed by atoms with Crippen LogP contribution in [0, 0.1) is 6.92 Å². The van der Waals surface area contributed by atoms with Gasteiger partial charge < -0.3 is 15.1 Å². The van der Waals surface area contributed by atoms with Gasteiger partial charge in [0.05, 0.1) is 6.42 Å². The predicted octanol–water partition coefficient (Wildman–Crippen LogP) is 2.16. The Bertz CT molecular complexity index is 816. The number of aromatic amines is 1.